The van der Waals surface area contributed by atoms with Gasteiger partial charge in [0.1, 0.15) is 6.04 Å². The van der Waals surface area contributed by atoms with Crippen LogP contribution in [-0.4, -0.2) is 36.5 Å². The monoisotopic (exact) mass is 220 g/mol. The summed E-state index contributed by atoms with van der Waals surface area (Å²) in [5, 5.41) is -0.440. The van der Waals surface area contributed by atoms with E-state index in [9.17, 15) is 13.2 Å². The molecule has 1 amide bonds. The van der Waals surface area contributed by atoms with E-state index in [4.69, 9.17) is 5.73 Å². The molecule has 0 aromatic carbocycles. The first-order valence-electron chi connectivity index (χ1n) is 4.71. The third kappa shape index (κ3) is 1.76. The highest BCUT2D eigenvalue weighted by molar-refractivity contribution is 7.89. The van der Waals surface area contributed by atoms with Gasteiger partial charge in [-0.05, 0) is 19.8 Å². The van der Waals surface area contributed by atoms with Gasteiger partial charge in [0, 0.05) is 6.54 Å². The number of hydrogen-bond acceptors (Lipinski definition) is 3. The lowest BCUT2D eigenvalue weighted by atomic mass is 10.1. The lowest BCUT2D eigenvalue weighted by molar-refractivity contribution is -0.124. The molecule has 0 aromatic heterocycles. The number of sulfonamides is 1. The maximum Gasteiger partial charge on any atom is 0.235 e. The van der Waals surface area contributed by atoms with Gasteiger partial charge < -0.3 is 5.73 Å². The summed E-state index contributed by atoms with van der Waals surface area (Å²) in [6.45, 7) is 3.87. The van der Waals surface area contributed by atoms with Crippen LogP contribution in [0.25, 0.3) is 0 Å². The van der Waals surface area contributed by atoms with Gasteiger partial charge >= 0.3 is 0 Å². The summed E-state index contributed by atoms with van der Waals surface area (Å²) in [4.78, 5) is 10.9. The van der Waals surface area contributed by atoms with Gasteiger partial charge in [-0.3, -0.25) is 4.79 Å². The highest BCUT2D eigenvalue weighted by atomic mass is 32.2. The molecule has 2 N–H and O–H groups in total. The first-order chi connectivity index (χ1) is 6.41. The number of carbonyl (C=O) groups is 1. The van der Waals surface area contributed by atoms with Crippen LogP contribution in [0.3, 0.4) is 0 Å². The van der Waals surface area contributed by atoms with E-state index in [0.29, 0.717) is 19.4 Å². The molecule has 1 saturated heterocycles. The number of amides is 1. The smallest absolute Gasteiger partial charge is 0.235 e. The van der Waals surface area contributed by atoms with Crippen LogP contribution < -0.4 is 5.73 Å². The van der Waals surface area contributed by atoms with Gasteiger partial charge in [0.2, 0.25) is 15.9 Å². The molecule has 0 bridgehead atoms. The van der Waals surface area contributed by atoms with Crippen LogP contribution in [0.1, 0.15) is 26.7 Å². The van der Waals surface area contributed by atoms with Crippen molar-refractivity contribution in [3.63, 3.8) is 0 Å². The van der Waals surface area contributed by atoms with Crippen molar-refractivity contribution in [2.24, 2.45) is 5.73 Å². The molecule has 14 heavy (non-hydrogen) atoms. The molecule has 1 heterocycles. The Hall–Kier alpha value is -0.620. The zero-order chi connectivity index (χ0) is 10.9. The van der Waals surface area contributed by atoms with Crippen molar-refractivity contribution in [1.82, 2.24) is 4.31 Å². The molecule has 1 aliphatic heterocycles. The van der Waals surface area contributed by atoms with Crippen LogP contribution >= 0.6 is 0 Å². The third-order valence-corrected chi connectivity index (χ3v) is 5.15. The number of hydrogen-bond donors (Lipinski definition) is 1. The Morgan fingerprint density at radius 1 is 1.64 bits per heavy atom. The Bertz CT molecular complexity index is 325. The van der Waals surface area contributed by atoms with E-state index >= 15 is 0 Å². The van der Waals surface area contributed by atoms with Crippen molar-refractivity contribution in [2.45, 2.75) is 38.0 Å². The molecular weight excluding hydrogens is 204 g/mol. The quantitative estimate of drug-likeness (QED) is 0.704. The molecule has 0 radical (unpaired) electrons. The van der Waals surface area contributed by atoms with E-state index in [-0.39, 0.29) is 0 Å². The molecule has 82 valence electrons. The van der Waals surface area contributed by atoms with E-state index in [1.807, 2.05) is 0 Å². The molecule has 2 atom stereocenters. The van der Waals surface area contributed by atoms with Gasteiger partial charge in [0.15, 0.2) is 0 Å². The summed E-state index contributed by atoms with van der Waals surface area (Å²) in [6, 6.07) is -0.617. The highest BCUT2D eigenvalue weighted by Gasteiger charge is 2.42. The maximum atomic E-state index is 11.8. The maximum absolute atomic E-state index is 11.8. The van der Waals surface area contributed by atoms with Gasteiger partial charge in [-0.15, -0.1) is 0 Å². The van der Waals surface area contributed by atoms with Gasteiger partial charge in [-0.1, -0.05) is 6.92 Å². The van der Waals surface area contributed by atoms with Crippen LogP contribution in [0.4, 0.5) is 0 Å². The van der Waals surface area contributed by atoms with Crippen molar-refractivity contribution in [3.8, 4) is 0 Å². The van der Waals surface area contributed by atoms with Crippen molar-refractivity contribution in [2.75, 3.05) is 6.54 Å². The fourth-order valence-electron chi connectivity index (χ4n) is 1.39. The van der Waals surface area contributed by atoms with Gasteiger partial charge in [0.25, 0.3) is 0 Å². The summed E-state index contributed by atoms with van der Waals surface area (Å²) in [7, 11) is -3.31. The van der Waals surface area contributed by atoms with Crippen LogP contribution in [0.15, 0.2) is 0 Å². The number of primary amides is 1. The van der Waals surface area contributed by atoms with Crippen molar-refractivity contribution < 1.29 is 13.2 Å². The Balaban J connectivity index is 2.80. The molecule has 0 spiro atoms. The fraction of sp³-hybridized carbons (Fsp3) is 0.875. The molecule has 0 aromatic rings. The molecule has 1 aliphatic rings. The van der Waals surface area contributed by atoms with Crippen LogP contribution in [-0.2, 0) is 14.8 Å². The van der Waals surface area contributed by atoms with Gasteiger partial charge in [-0.25, -0.2) is 8.42 Å². The second kappa shape index (κ2) is 3.86. The van der Waals surface area contributed by atoms with Crippen molar-refractivity contribution in [1.29, 1.82) is 0 Å². The van der Waals surface area contributed by atoms with E-state index in [1.54, 1.807) is 13.8 Å². The molecule has 1 fully saturated rings. The Kier molecular flexibility index (Phi) is 3.16. The van der Waals surface area contributed by atoms with E-state index < -0.39 is 27.2 Å². The molecule has 6 heteroatoms. The summed E-state index contributed by atoms with van der Waals surface area (Å²) in [5.74, 6) is -0.553. The standard InChI is InChI=1S/C8H16N2O3S/c1-3-6(2)14(12,13)10-5-4-7(10)8(9)11/h6-7H,3-5H2,1-2H3,(H2,9,11). The average molecular weight is 220 g/mol. The largest absolute Gasteiger partial charge is 0.368 e. The third-order valence-electron chi connectivity index (χ3n) is 2.71. The zero-order valence-corrected chi connectivity index (χ0v) is 9.25. The SMILES string of the molecule is CCC(C)S(=O)(=O)N1CCC1C(N)=O. The predicted molar refractivity (Wildman–Crippen MR) is 53.0 cm³/mol. The lowest BCUT2D eigenvalue weighted by Gasteiger charge is -2.38. The van der Waals surface area contributed by atoms with Crippen molar-refractivity contribution in [3.05, 3.63) is 0 Å². The summed E-state index contributed by atoms with van der Waals surface area (Å²) >= 11 is 0. The fourth-order valence-corrected chi connectivity index (χ4v) is 3.20. The molecule has 0 saturated carbocycles. The first-order valence-corrected chi connectivity index (χ1v) is 6.21. The minimum Gasteiger partial charge on any atom is -0.368 e. The second-order valence-electron chi connectivity index (χ2n) is 3.58. The molecular formula is C8H16N2O3S. The number of rotatable bonds is 4. The minimum atomic E-state index is -3.31. The average Bonchev–Trinajstić information content (AvgIpc) is 1.98. The van der Waals surface area contributed by atoms with Crippen LogP contribution in [0, 0.1) is 0 Å². The minimum absolute atomic E-state index is 0.417. The normalized spacial score (nSPS) is 25.4. The number of nitrogens with two attached hydrogens (primary N) is 1. The molecule has 0 aliphatic carbocycles. The van der Waals surface area contributed by atoms with Gasteiger partial charge in [-0.2, -0.15) is 4.31 Å². The van der Waals surface area contributed by atoms with E-state index in [2.05, 4.69) is 0 Å². The molecule has 1 rings (SSSR count). The number of nitrogens with zero attached hydrogens (tertiary/aromatic N) is 1. The summed E-state index contributed by atoms with van der Waals surface area (Å²) in [6.07, 6.45) is 1.09. The van der Waals surface area contributed by atoms with Crippen LogP contribution in [0.5, 0.6) is 0 Å². The Morgan fingerprint density at radius 2 is 2.21 bits per heavy atom. The van der Waals surface area contributed by atoms with Crippen molar-refractivity contribution >= 4 is 15.9 Å². The Morgan fingerprint density at radius 3 is 2.50 bits per heavy atom. The lowest BCUT2D eigenvalue weighted by Crippen LogP contribution is -2.58. The summed E-state index contributed by atoms with van der Waals surface area (Å²) < 4.78 is 24.8. The molecule has 2 unspecified atom stereocenters. The number of carbonyl (C=O) groups excluding carboxylic acids is 1. The topological polar surface area (TPSA) is 80.5 Å². The van der Waals surface area contributed by atoms with E-state index in [0.717, 1.165) is 0 Å². The zero-order valence-electron chi connectivity index (χ0n) is 8.43. The van der Waals surface area contributed by atoms with E-state index in [1.165, 1.54) is 4.31 Å². The first kappa shape index (κ1) is 11.5. The molecule has 5 nitrogen and oxygen atoms in total. The van der Waals surface area contributed by atoms with Gasteiger partial charge in [0.05, 0.1) is 5.25 Å². The highest BCUT2D eigenvalue weighted by Crippen LogP contribution is 2.24. The predicted octanol–water partition coefficient (Wildman–Crippen LogP) is -0.326. The summed E-state index contributed by atoms with van der Waals surface area (Å²) in [5.41, 5.74) is 5.08. The second-order valence-corrected chi connectivity index (χ2v) is 5.89. The Labute approximate surface area is 84.3 Å². The van der Waals surface area contributed by atoms with Crippen LogP contribution in [0.2, 0.25) is 0 Å².